The molecule has 3 aromatic rings. The molecule has 0 unspecified atom stereocenters. The molecule has 2 nitrogen and oxygen atoms in total. The number of benzene rings is 3. The van der Waals surface area contributed by atoms with Gasteiger partial charge in [-0.3, -0.25) is 4.90 Å². The van der Waals surface area contributed by atoms with Crippen LogP contribution in [-0.4, -0.2) is 22.7 Å². The van der Waals surface area contributed by atoms with Gasteiger partial charge >= 0.3 is 0 Å². The number of hydrogen-bond donors (Lipinski definition) is 1. The highest BCUT2D eigenvalue weighted by Gasteiger charge is 2.48. The zero-order chi connectivity index (χ0) is 19.6. The molecule has 0 spiro atoms. The van der Waals surface area contributed by atoms with Crippen molar-refractivity contribution < 1.29 is 5.11 Å². The number of likely N-dealkylation sites (tertiary alicyclic amines) is 1. The molecule has 1 aliphatic rings. The molecule has 1 fully saturated rings. The lowest BCUT2D eigenvalue weighted by Gasteiger charge is -2.52. The summed E-state index contributed by atoms with van der Waals surface area (Å²) in [5.41, 5.74) is 2.96. The van der Waals surface area contributed by atoms with Crippen LogP contribution in [0, 0.1) is 5.92 Å². The third-order valence-electron chi connectivity index (χ3n) is 6.48. The Morgan fingerprint density at radius 1 is 0.821 bits per heavy atom. The van der Waals surface area contributed by atoms with Gasteiger partial charge in [0.15, 0.2) is 0 Å². The molecule has 4 rings (SSSR count). The lowest BCUT2D eigenvalue weighted by Crippen LogP contribution is -2.53. The summed E-state index contributed by atoms with van der Waals surface area (Å²) in [6.07, 6.45) is 1.41. The van der Waals surface area contributed by atoms with E-state index in [2.05, 4.69) is 104 Å². The van der Waals surface area contributed by atoms with Gasteiger partial charge in [0.25, 0.3) is 0 Å². The van der Waals surface area contributed by atoms with Crippen LogP contribution in [0.3, 0.4) is 0 Å². The Morgan fingerprint density at radius 3 is 1.89 bits per heavy atom. The molecule has 0 aromatic heterocycles. The highest BCUT2D eigenvalue weighted by Crippen LogP contribution is 2.49. The minimum atomic E-state index is -0.769. The average molecular weight is 372 g/mol. The Labute approximate surface area is 168 Å². The van der Waals surface area contributed by atoms with Crippen molar-refractivity contribution in [3.63, 3.8) is 0 Å². The van der Waals surface area contributed by atoms with Gasteiger partial charge in [-0.05, 0) is 30.2 Å². The summed E-state index contributed by atoms with van der Waals surface area (Å²) in [7, 11) is 2.20. The van der Waals surface area contributed by atoms with Crippen molar-refractivity contribution in [3.05, 3.63) is 108 Å². The minimum Gasteiger partial charge on any atom is -0.389 e. The Hall–Kier alpha value is -2.42. The van der Waals surface area contributed by atoms with Crippen molar-refractivity contribution in [3.8, 4) is 0 Å². The molecule has 0 aliphatic carbocycles. The molecule has 3 aromatic carbocycles. The van der Waals surface area contributed by atoms with Crippen LogP contribution in [0.25, 0.3) is 0 Å². The molecule has 1 N–H and O–H groups in total. The summed E-state index contributed by atoms with van der Waals surface area (Å²) in [5.74, 6) is 0.111. The van der Waals surface area contributed by atoms with Crippen LogP contribution in [0.1, 0.15) is 42.1 Å². The van der Waals surface area contributed by atoms with Crippen LogP contribution in [-0.2, 0) is 6.42 Å². The third kappa shape index (κ3) is 3.63. The minimum absolute atomic E-state index is 0.111. The van der Waals surface area contributed by atoms with E-state index in [1.807, 2.05) is 6.07 Å². The van der Waals surface area contributed by atoms with Crippen molar-refractivity contribution in [2.24, 2.45) is 5.92 Å². The fourth-order valence-electron chi connectivity index (χ4n) is 4.89. The summed E-state index contributed by atoms with van der Waals surface area (Å²) in [6, 6.07) is 32.0. The van der Waals surface area contributed by atoms with E-state index in [9.17, 15) is 5.11 Å². The quantitative estimate of drug-likeness (QED) is 0.662. The number of nitrogens with zero attached hydrogens (tertiary/aromatic N) is 1. The highest BCUT2D eigenvalue weighted by atomic mass is 16.3. The van der Waals surface area contributed by atoms with Crippen LogP contribution in [0.5, 0.6) is 0 Å². The molecule has 28 heavy (non-hydrogen) atoms. The molecule has 1 heterocycles. The van der Waals surface area contributed by atoms with Gasteiger partial charge in [0.05, 0.1) is 5.60 Å². The first kappa shape index (κ1) is 18.9. The van der Waals surface area contributed by atoms with Crippen LogP contribution < -0.4 is 0 Å². The summed E-state index contributed by atoms with van der Waals surface area (Å²) < 4.78 is 0. The number of piperidine rings is 1. The maximum Gasteiger partial charge on any atom is 0.0749 e. The highest BCUT2D eigenvalue weighted by molar-refractivity contribution is 5.28. The fourth-order valence-corrected chi connectivity index (χ4v) is 4.89. The van der Waals surface area contributed by atoms with Gasteiger partial charge in [-0.25, -0.2) is 0 Å². The number of aliphatic hydroxyl groups is 1. The fraction of sp³-hybridized carbons (Fsp3) is 0.308. The second-order valence-electron chi connectivity index (χ2n) is 8.21. The van der Waals surface area contributed by atoms with E-state index < -0.39 is 5.60 Å². The first-order chi connectivity index (χ1) is 13.6. The van der Waals surface area contributed by atoms with Gasteiger partial charge in [-0.2, -0.15) is 0 Å². The molecule has 0 amide bonds. The van der Waals surface area contributed by atoms with Gasteiger partial charge in [-0.15, -0.1) is 0 Å². The molecule has 1 aliphatic heterocycles. The smallest absolute Gasteiger partial charge is 0.0749 e. The Morgan fingerprint density at radius 2 is 1.32 bits per heavy atom. The van der Waals surface area contributed by atoms with Gasteiger partial charge < -0.3 is 5.11 Å². The second kappa shape index (κ2) is 7.90. The van der Waals surface area contributed by atoms with Crippen molar-refractivity contribution in [1.82, 2.24) is 4.90 Å². The maximum absolute atomic E-state index is 11.9. The van der Waals surface area contributed by atoms with Crippen molar-refractivity contribution in [2.75, 3.05) is 7.05 Å². The van der Waals surface area contributed by atoms with Crippen LogP contribution in [0.15, 0.2) is 91.0 Å². The van der Waals surface area contributed by atoms with Gasteiger partial charge in [0.1, 0.15) is 0 Å². The average Bonchev–Trinajstić information content (AvgIpc) is 2.73. The molecule has 2 heteroatoms. The first-order valence-electron chi connectivity index (χ1n) is 10.2. The van der Waals surface area contributed by atoms with E-state index in [-0.39, 0.29) is 18.0 Å². The largest absolute Gasteiger partial charge is 0.389 e. The SMILES string of the molecule is C[C@@H]1[C@H](c2ccccc2)N(C)[C@@H](c2ccccc2)C[C@]1(O)Cc1ccccc1. The molecule has 144 valence electrons. The molecular formula is C26H29NO. The van der Waals surface area contributed by atoms with E-state index in [0.29, 0.717) is 6.42 Å². The van der Waals surface area contributed by atoms with Gasteiger partial charge in [0, 0.05) is 24.4 Å². The summed E-state index contributed by atoms with van der Waals surface area (Å²) >= 11 is 0. The predicted octanol–water partition coefficient (Wildman–Crippen LogP) is 5.41. The molecule has 4 atom stereocenters. The predicted molar refractivity (Wildman–Crippen MR) is 115 cm³/mol. The van der Waals surface area contributed by atoms with E-state index in [4.69, 9.17) is 0 Å². The molecule has 1 saturated heterocycles. The summed E-state index contributed by atoms with van der Waals surface area (Å²) in [6.45, 7) is 2.21. The standard InChI is InChI=1S/C26H29NO/c1-20-25(23-16-10-5-11-17-23)27(2)24(22-14-8-4-9-15-22)19-26(20,28)18-21-12-6-3-7-13-21/h3-17,20,24-25,28H,18-19H2,1-2H3/t20-,24-,25-,26-/m1/s1. The first-order valence-corrected chi connectivity index (χ1v) is 10.2. The van der Waals surface area contributed by atoms with Crippen LogP contribution in [0.4, 0.5) is 0 Å². The lowest BCUT2D eigenvalue weighted by molar-refractivity contribution is -0.113. The molecule has 0 radical (unpaired) electrons. The monoisotopic (exact) mass is 371 g/mol. The van der Waals surface area contributed by atoms with E-state index in [0.717, 1.165) is 6.42 Å². The number of hydrogen-bond acceptors (Lipinski definition) is 2. The van der Waals surface area contributed by atoms with Crippen molar-refractivity contribution in [1.29, 1.82) is 0 Å². The zero-order valence-electron chi connectivity index (χ0n) is 16.7. The topological polar surface area (TPSA) is 23.5 Å². The van der Waals surface area contributed by atoms with Crippen LogP contribution in [0.2, 0.25) is 0 Å². The summed E-state index contributed by atoms with van der Waals surface area (Å²) in [5, 5.41) is 11.9. The third-order valence-corrected chi connectivity index (χ3v) is 6.48. The molecule has 0 saturated carbocycles. The zero-order valence-corrected chi connectivity index (χ0v) is 16.7. The van der Waals surface area contributed by atoms with E-state index in [1.165, 1.54) is 16.7 Å². The summed E-state index contributed by atoms with van der Waals surface area (Å²) in [4.78, 5) is 2.45. The Balaban J connectivity index is 1.75. The normalized spacial score (nSPS) is 28.2. The Bertz CT molecular complexity index is 880. The van der Waals surface area contributed by atoms with E-state index in [1.54, 1.807) is 0 Å². The number of rotatable bonds is 4. The van der Waals surface area contributed by atoms with E-state index >= 15 is 0 Å². The van der Waals surface area contributed by atoms with Gasteiger partial charge in [0.2, 0.25) is 0 Å². The van der Waals surface area contributed by atoms with Crippen molar-refractivity contribution >= 4 is 0 Å². The lowest BCUT2D eigenvalue weighted by atomic mass is 9.68. The maximum atomic E-state index is 11.9. The van der Waals surface area contributed by atoms with Crippen LogP contribution >= 0.6 is 0 Å². The molecular weight excluding hydrogens is 342 g/mol. The second-order valence-corrected chi connectivity index (χ2v) is 8.21. The molecule has 0 bridgehead atoms. The Kier molecular flexibility index (Phi) is 5.34. The van der Waals surface area contributed by atoms with Gasteiger partial charge in [-0.1, -0.05) is 97.9 Å². The van der Waals surface area contributed by atoms with Crippen molar-refractivity contribution in [2.45, 2.75) is 37.5 Å².